The normalized spacial score (nSPS) is 10.3. The molecule has 0 spiro atoms. The van der Waals surface area contributed by atoms with Crippen LogP contribution in [0.4, 0.5) is 21.5 Å². The Kier molecular flexibility index (Phi) is 3.20. The van der Waals surface area contributed by atoms with Crippen LogP contribution in [0.15, 0.2) is 36.4 Å². The number of nitrogens with one attached hydrogen (secondary N) is 1. The summed E-state index contributed by atoms with van der Waals surface area (Å²) in [5, 5.41) is 3.14. The first-order valence-corrected chi connectivity index (χ1v) is 5.52. The van der Waals surface area contributed by atoms with E-state index in [1.54, 1.807) is 0 Å². The first-order chi connectivity index (χ1) is 8.06. The van der Waals surface area contributed by atoms with Gasteiger partial charge in [0.25, 0.3) is 0 Å². The monoisotopic (exact) mass is 250 g/mol. The summed E-state index contributed by atoms with van der Waals surface area (Å²) >= 11 is 5.71. The van der Waals surface area contributed by atoms with Gasteiger partial charge in [0.05, 0.1) is 16.4 Å². The van der Waals surface area contributed by atoms with Crippen LogP contribution in [0.3, 0.4) is 0 Å². The molecule has 2 nitrogen and oxygen atoms in total. The van der Waals surface area contributed by atoms with Crippen LogP contribution in [0.1, 0.15) is 5.56 Å². The number of anilines is 3. The van der Waals surface area contributed by atoms with Gasteiger partial charge in [-0.15, -0.1) is 0 Å². The van der Waals surface area contributed by atoms with Gasteiger partial charge in [-0.05, 0) is 25.1 Å². The second kappa shape index (κ2) is 4.63. The standard InChI is InChI=1S/C13H12ClFN2/c1-8-2-4-9(5-3-8)17-13-6-10(14)11(15)7-12(13)16/h2-7,17H,16H2,1H3. The van der Waals surface area contributed by atoms with Gasteiger partial charge in [0.1, 0.15) is 5.82 Å². The Balaban J connectivity index is 2.30. The van der Waals surface area contributed by atoms with Crippen molar-refractivity contribution < 1.29 is 4.39 Å². The maximum Gasteiger partial charge on any atom is 0.143 e. The molecule has 4 heteroatoms. The molecule has 2 aromatic rings. The molecule has 0 amide bonds. The first-order valence-electron chi connectivity index (χ1n) is 5.14. The molecule has 0 heterocycles. The predicted molar refractivity (Wildman–Crippen MR) is 70.3 cm³/mol. The third-order valence-electron chi connectivity index (χ3n) is 2.42. The molecular weight excluding hydrogens is 239 g/mol. The summed E-state index contributed by atoms with van der Waals surface area (Å²) in [7, 11) is 0. The van der Waals surface area contributed by atoms with E-state index in [-0.39, 0.29) is 5.02 Å². The molecule has 0 aliphatic rings. The van der Waals surface area contributed by atoms with Gasteiger partial charge in [-0.1, -0.05) is 29.3 Å². The van der Waals surface area contributed by atoms with Crippen molar-refractivity contribution in [3.8, 4) is 0 Å². The first kappa shape index (κ1) is 11.7. The molecule has 0 unspecified atom stereocenters. The number of nitrogen functional groups attached to an aromatic ring is 1. The van der Waals surface area contributed by atoms with Crippen molar-refractivity contribution in [3.63, 3.8) is 0 Å². The highest BCUT2D eigenvalue weighted by molar-refractivity contribution is 6.31. The van der Waals surface area contributed by atoms with Crippen LogP contribution >= 0.6 is 11.6 Å². The van der Waals surface area contributed by atoms with E-state index in [0.717, 1.165) is 5.69 Å². The van der Waals surface area contributed by atoms with E-state index in [2.05, 4.69) is 5.32 Å². The maximum absolute atomic E-state index is 13.1. The lowest BCUT2D eigenvalue weighted by molar-refractivity contribution is 0.629. The van der Waals surface area contributed by atoms with E-state index in [4.69, 9.17) is 17.3 Å². The van der Waals surface area contributed by atoms with Crippen molar-refractivity contribution in [1.82, 2.24) is 0 Å². The molecule has 2 rings (SSSR count). The largest absolute Gasteiger partial charge is 0.397 e. The third kappa shape index (κ3) is 2.68. The van der Waals surface area contributed by atoms with Crippen LogP contribution in [0.5, 0.6) is 0 Å². The second-order valence-electron chi connectivity index (χ2n) is 3.84. The number of aryl methyl sites for hydroxylation is 1. The highest BCUT2D eigenvalue weighted by atomic mass is 35.5. The summed E-state index contributed by atoms with van der Waals surface area (Å²) in [6.45, 7) is 2.01. The molecule has 0 fully saturated rings. The molecule has 0 aliphatic heterocycles. The van der Waals surface area contributed by atoms with E-state index in [1.165, 1.54) is 17.7 Å². The maximum atomic E-state index is 13.1. The van der Waals surface area contributed by atoms with Gasteiger partial charge in [-0.25, -0.2) is 4.39 Å². The van der Waals surface area contributed by atoms with Crippen LogP contribution in [-0.4, -0.2) is 0 Å². The minimum atomic E-state index is -0.515. The molecule has 0 bridgehead atoms. The van der Waals surface area contributed by atoms with Gasteiger partial charge in [0, 0.05) is 11.8 Å². The van der Waals surface area contributed by atoms with Crippen LogP contribution in [0, 0.1) is 12.7 Å². The van der Waals surface area contributed by atoms with E-state index < -0.39 is 5.82 Å². The molecule has 17 heavy (non-hydrogen) atoms. The number of nitrogens with two attached hydrogens (primary N) is 1. The quantitative estimate of drug-likeness (QED) is 0.787. The summed E-state index contributed by atoms with van der Waals surface area (Å²) < 4.78 is 13.1. The van der Waals surface area contributed by atoms with Gasteiger partial charge in [0.2, 0.25) is 0 Å². The van der Waals surface area contributed by atoms with E-state index >= 15 is 0 Å². The molecule has 0 radical (unpaired) electrons. The fourth-order valence-electron chi connectivity index (χ4n) is 1.46. The summed E-state index contributed by atoms with van der Waals surface area (Å²) in [4.78, 5) is 0. The highest BCUT2D eigenvalue weighted by Gasteiger charge is 2.06. The summed E-state index contributed by atoms with van der Waals surface area (Å²) in [6.07, 6.45) is 0. The van der Waals surface area contributed by atoms with Gasteiger partial charge >= 0.3 is 0 Å². The molecule has 0 atom stereocenters. The van der Waals surface area contributed by atoms with Crippen LogP contribution in [0.25, 0.3) is 0 Å². The van der Waals surface area contributed by atoms with Gasteiger partial charge in [0.15, 0.2) is 0 Å². The van der Waals surface area contributed by atoms with Crippen molar-refractivity contribution >= 4 is 28.7 Å². The van der Waals surface area contributed by atoms with Crippen molar-refractivity contribution in [2.75, 3.05) is 11.1 Å². The second-order valence-corrected chi connectivity index (χ2v) is 4.25. The highest BCUT2D eigenvalue weighted by Crippen LogP contribution is 2.28. The Morgan fingerprint density at radius 3 is 2.47 bits per heavy atom. The Morgan fingerprint density at radius 1 is 1.18 bits per heavy atom. The van der Waals surface area contributed by atoms with E-state index in [0.29, 0.717) is 11.4 Å². The van der Waals surface area contributed by atoms with Crippen molar-refractivity contribution in [3.05, 3.63) is 52.8 Å². The zero-order valence-electron chi connectivity index (χ0n) is 9.30. The summed E-state index contributed by atoms with van der Waals surface area (Å²) in [5.74, 6) is -0.515. The summed E-state index contributed by atoms with van der Waals surface area (Å²) in [5.41, 5.74) is 8.68. The van der Waals surface area contributed by atoms with E-state index in [9.17, 15) is 4.39 Å². The molecule has 0 saturated heterocycles. The molecule has 0 aliphatic carbocycles. The molecular formula is C13H12ClFN2. The molecule has 0 aromatic heterocycles. The lowest BCUT2D eigenvalue weighted by atomic mass is 10.2. The van der Waals surface area contributed by atoms with Gasteiger partial charge in [-0.3, -0.25) is 0 Å². The van der Waals surface area contributed by atoms with Crippen molar-refractivity contribution in [1.29, 1.82) is 0 Å². The third-order valence-corrected chi connectivity index (χ3v) is 2.71. The van der Waals surface area contributed by atoms with Gasteiger partial charge < -0.3 is 11.1 Å². The van der Waals surface area contributed by atoms with Crippen LogP contribution in [-0.2, 0) is 0 Å². The Bertz CT molecular complexity index is 538. The molecule has 2 aromatic carbocycles. The molecule has 88 valence electrons. The zero-order valence-corrected chi connectivity index (χ0v) is 10.1. The minimum absolute atomic E-state index is 0.0498. The zero-order chi connectivity index (χ0) is 12.4. The van der Waals surface area contributed by atoms with Crippen molar-refractivity contribution in [2.24, 2.45) is 0 Å². The average Bonchev–Trinajstić information content (AvgIpc) is 2.29. The number of hydrogen-bond acceptors (Lipinski definition) is 2. The number of benzene rings is 2. The Hall–Kier alpha value is -1.74. The smallest absolute Gasteiger partial charge is 0.143 e. The van der Waals surface area contributed by atoms with Crippen LogP contribution in [0.2, 0.25) is 5.02 Å². The lowest BCUT2D eigenvalue weighted by Crippen LogP contribution is -1.97. The van der Waals surface area contributed by atoms with Crippen molar-refractivity contribution in [2.45, 2.75) is 6.92 Å². The molecule has 0 saturated carbocycles. The van der Waals surface area contributed by atoms with Gasteiger partial charge in [-0.2, -0.15) is 0 Å². The summed E-state index contributed by atoms with van der Waals surface area (Å²) in [6, 6.07) is 10.5. The topological polar surface area (TPSA) is 38.0 Å². The fourth-order valence-corrected chi connectivity index (χ4v) is 1.63. The predicted octanol–water partition coefficient (Wildman–Crippen LogP) is 4.11. The number of halogens is 2. The fraction of sp³-hybridized carbons (Fsp3) is 0.0769. The van der Waals surface area contributed by atoms with Crippen LogP contribution < -0.4 is 11.1 Å². The van der Waals surface area contributed by atoms with E-state index in [1.807, 2.05) is 31.2 Å². The Labute approximate surface area is 104 Å². The average molecular weight is 251 g/mol. The number of hydrogen-bond donors (Lipinski definition) is 2. The lowest BCUT2D eigenvalue weighted by Gasteiger charge is -2.10. The molecule has 3 N–H and O–H groups in total. The number of rotatable bonds is 2. The minimum Gasteiger partial charge on any atom is -0.397 e. The SMILES string of the molecule is Cc1ccc(Nc2cc(Cl)c(F)cc2N)cc1. The Morgan fingerprint density at radius 2 is 1.82 bits per heavy atom.